The lowest BCUT2D eigenvalue weighted by molar-refractivity contribution is -0.138. The average Bonchev–Trinajstić information content (AvgIpc) is 2.15. The van der Waals surface area contributed by atoms with E-state index in [4.69, 9.17) is 0 Å². The molecule has 0 spiro atoms. The summed E-state index contributed by atoms with van der Waals surface area (Å²) in [5.74, 6) is -0.262. The van der Waals surface area contributed by atoms with Crippen LogP contribution in [0.3, 0.4) is 0 Å². The summed E-state index contributed by atoms with van der Waals surface area (Å²) < 4.78 is 37.7. The summed E-state index contributed by atoms with van der Waals surface area (Å²) in [6.07, 6.45) is -3.81. The smallest absolute Gasteiger partial charge is 0.298 e. The van der Waals surface area contributed by atoms with Crippen molar-refractivity contribution in [1.29, 1.82) is 0 Å². The van der Waals surface area contributed by atoms with Gasteiger partial charge in [-0.05, 0) is 23.6 Å². The van der Waals surface area contributed by atoms with Gasteiger partial charge in [0.2, 0.25) is 0 Å². The van der Waals surface area contributed by atoms with Gasteiger partial charge in [0.1, 0.15) is 6.29 Å². The van der Waals surface area contributed by atoms with Crippen LogP contribution in [0.1, 0.15) is 41.3 Å². The van der Waals surface area contributed by atoms with E-state index in [1.165, 1.54) is 12.1 Å². The Balaban J connectivity index is 3.34. The fourth-order valence-corrected chi connectivity index (χ4v) is 1.39. The molecule has 0 radical (unpaired) electrons. The van der Waals surface area contributed by atoms with Crippen molar-refractivity contribution in [1.82, 2.24) is 0 Å². The number of carbonyl (C=O) groups excluding carboxylic acids is 1. The van der Waals surface area contributed by atoms with Crippen LogP contribution in [0.25, 0.3) is 0 Å². The second-order valence-corrected chi connectivity index (χ2v) is 3.62. The summed E-state index contributed by atoms with van der Waals surface area (Å²) >= 11 is 0. The molecule has 1 nitrogen and oxygen atoms in total. The third-order valence-corrected chi connectivity index (χ3v) is 2.14. The number of rotatable bonds is 2. The predicted molar refractivity (Wildman–Crippen MR) is 50.9 cm³/mol. The van der Waals surface area contributed by atoms with Gasteiger partial charge in [-0.25, -0.2) is 0 Å². The van der Waals surface area contributed by atoms with Gasteiger partial charge in [-0.1, -0.05) is 19.9 Å². The zero-order chi connectivity index (χ0) is 11.6. The zero-order valence-corrected chi connectivity index (χ0v) is 8.43. The molecule has 4 heteroatoms. The van der Waals surface area contributed by atoms with Crippen molar-refractivity contribution in [2.24, 2.45) is 0 Å². The van der Waals surface area contributed by atoms with E-state index >= 15 is 0 Å². The van der Waals surface area contributed by atoms with E-state index in [-0.39, 0.29) is 17.0 Å². The third-order valence-electron chi connectivity index (χ3n) is 2.14. The molecule has 1 aromatic carbocycles. The van der Waals surface area contributed by atoms with E-state index < -0.39 is 11.7 Å². The van der Waals surface area contributed by atoms with Crippen LogP contribution in [0.15, 0.2) is 18.2 Å². The Morgan fingerprint density at radius 3 is 2.27 bits per heavy atom. The molecule has 0 N–H and O–H groups in total. The first-order chi connectivity index (χ1) is 6.86. The highest BCUT2D eigenvalue weighted by Gasteiger charge is 2.33. The molecule has 82 valence electrons. The maximum atomic E-state index is 12.6. The third kappa shape index (κ3) is 2.58. The van der Waals surface area contributed by atoms with Crippen LogP contribution in [-0.2, 0) is 6.18 Å². The molecule has 0 saturated heterocycles. The Morgan fingerprint density at radius 2 is 1.87 bits per heavy atom. The molecule has 0 aliphatic heterocycles. The van der Waals surface area contributed by atoms with Gasteiger partial charge in [0.15, 0.2) is 0 Å². The van der Waals surface area contributed by atoms with Crippen LogP contribution < -0.4 is 0 Å². The maximum Gasteiger partial charge on any atom is 0.416 e. The second-order valence-electron chi connectivity index (χ2n) is 3.62. The topological polar surface area (TPSA) is 17.1 Å². The molecule has 15 heavy (non-hydrogen) atoms. The highest BCUT2D eigenvalue weighted by molar-refractivity contribution is 5.75. The minimum absolute atomic E-state index is 0.159. The molecule has 0 aliphatic rings. The highest BCUT2D eigenvalue weighted by atomic mass is 19.4. The number of hydrogen-bond donors (Lipinski definition) is 0. The molecule has 0 aliphatic carbocycles. The first-order valence-corrected chi connectivity index (χ1v) is 4.52. The predicted octanol–water partition coefficient (Wildman–Crippen LogP) is 3.64. The molecule has 0 saturated carbocycles. The first kappa shape index (κ1) is 11.8. The van der Waals surface area contributed by atoms with Crippen molar-refractivity contribution in [3.05, 3.63) is 34.9 Å². The van der Waals surface area contributed by atoms with Gasteiger partial charge < -0.3 is 0 Å². The second kappa shape index (κ2) is 4.04. The summed E-state index contributed by atoms with van der Waals surface area (Å²) in [4.78, 5) is 10.5. The van der Waals surface area contributed by atoms with Gasteiger partial charge in [0.05, 0.1) is 5.56 Å². The lowest BCUT2D eigenvalue weighted by atomic mass is 9.95. The first-order valence-electron chi connectivity index (χ1n) is 4.52. The maximum absolute atomic E-state index is 12.6. The molecule has 0 amide bonds. The molecule has 1 aromatic rings. The van der Waals surface area contributed by atoms with Gasteiger partial charge in [-0.3, -0.25) is 4.79 Å². The van der Waals surface area contributed by atoms with Crippen LogP contribution in [0.4, 0.5) is 13.2 Å². The van der Waals surface area contributed by atoms with Crippen LogP contribution in [-0.4, -0.2) is 6.29 Å². The summed E-state index contributed by atoms with van der Waals surface area (Å²) in [6.45, 7) is 3.33. The van der Waals surface area contributed by atoms with Crippen molar-refractivity contribution < 1.29 is 18.0 Å². The lowest BCUT2D eigenvalue weighted by Gasteiger charge is -2.15. The number of benzene rings is 1. The summed E-state index contributed by atoms with van der Waals surface area (Å²) in [6, 6.07) is 3.43. The Hall–Kier alpha value is -1.32. The zero-order valence-electron chi connectivity index (χ0n) is 8.43. The van der Waals surface area contributed by atoms with Crippen LogP contribution >= 0.6 is 0 Å². The molecular formula is C11H11F3O. The molecule has 0 atom stereocenters. The summed E-state index contributed by atoms with van der Waals surface area (Å²) in [5.41, 5.74) is -0.234. The number of halogens is 3. The Kier molecular flexibility index (Phi) is 3.17. The Bertz CT molecular complexity index is 367. The normalized spacial score (nSPS) is 11.9. The number of carbonyl (C=O) groups is 1. The fraction of sp³-hybridized carbons (Fsp3) is 0.364. The molecule has 0 unspecified atom stereocenters. The molecular weight excluding hydrogens is 205 g/mol. The van der Waals surface area contributed by atoms with Crippen LogP contribution in [0, 0.1) is 0 Å². The Labute approximate surface area is 85.9 Å². The van der Waals surface area contributed by atoms with E-state index in [0.717, 1.165) is 6.07 Å². The standard InChI is InChI=1S/C11H11F3O/c1-7(2)9-5-8(6-15)3-4-10(9)11(12,13)14/h3-7H,1-2H3. The quantitative estimate of drug-likeness (QED) is 0.690. The van der Waals surface area contributed by atoms with Crippen molar-refractivity contribution >= 4 is 6.29 Å². The lowest BCUT2D eigenvalue weighted by Crippen LogP contribution is -2.10. The number of aldehydes is 1. The molecule has 0 fully saturated rings. The monoisotopic (exact) mass is 216 g/mol. The summed E-state index contributed by atoms with van der Waals surface area (Å²) in [7, 11) is 0. The fourth-order valence-electron chi connectivity index (χ4n) is 1.39. The van der Waals surface area contributed by atoms with Gasteiger partial charge in [-0.15, -0.1) is 0 Å². The van der Waals surface area contributed by atoms with E-state index in [0.29, 0.717) is 6.29 Å². The average molecular weight is 216 g/mol. The number of hydrogen-bond acceptors (Lipinski definition) is 1. The Morgan fingerprint density at radius 1 is 1.27 bits per heavy atom. The van der Waals surface area contributed by atoms with Gasteiger partial charge in [0, 0.05) is 5.56 Å². The SMILES string of the molecule is CC(C)c1cc(C=O)ccc1C(F)(F)F. The van der Waals surface area contributed by atoms with Crippen LogP contribution in [0.2, 0.25) is 0 Å². The highest BCUT2D eigenvalue weighted by Crippen LogP contribution is 2.35. The van der Waals surface area contributed by atoms with E-state index in [1.54, 1.807) is 13.8 Å². The van der Waals surface area contributed by atoms with Crippen molar-refractivity contribution in [2.45, 2.75) is 25.9 Å². The van der Waals surface area contributed by atoms with Gasteiger partial charge in [-0.2, -0.15) is 13.2 Å². The van der Waals surface area contributed by atoms with Crippen LogP contribution in [0.5, 0.6) is 0 Å². The van der Waals surface area contributed by atoms with Crippen molar-refractivity contribution in [3.63, 3.8) is 0 Å². The minimum atomic E-state index is -4.36. The van der Waals surface area contributed by atoms with E-state index in [2.05, 4.69) is 0 Å². The van der Waals surface area contributed by atoms with Crippen molar-refractivity contribution in [3.8, 4) is 0 Å². The van der Waals surface area contributed by atoms with Gasteiger partial charge in [0.25, 0.3) is 0 Å². The van der Waals surface area contributed by atoms with Crippen molar-refractivity contribution in [2.75, 3.05) is 0 Å². The largest absolute Gasteiger partial charge is 0.416 e. The molecule has 1 rings (SSSR count). The van der Waals surface area contributed by atoms with E-state index in [1.807, 2.05) is 0 Å². The molecule has 0 bridgehead atoms. The number of alkyl halides is 3. The minimum Gasteiger partial charge on any atom is -0.298 e. The molecule has 0 heterocycles. The molecule has 0 aromatic heterocycles. The van der Waals surface area contributed by atoms with E-state index in [9.17, 15) is 18.0 Å². The van der Waals surface area contributed by atoms with Gasteiger partial charge >= 0.3 is 6.18 Å². The summed E-state index contributed by atoms with van der Waals surface area (Å²) in [5, 5.41) is 0.